The first kappa shape index (κ1) is 78.7. The Morgan fingerprint density at radius 2 is 0.753 bits per heavy atom. The summed E-state index contributed by atoms with van der Waals surface area (Å²) in [6.07, 6.45) is 88.8. The van der Waals surface area contributed by atoms with E-state index in [-0.39, 0.29) is 19.1 Å². The van der Waals surface area contributed by atoms with Crippen LogP contribution in [-0.4, -0.2) is 73.4 Å². The van der Waals surface area contributed by atoms with Gasteiger partial charge in [0.25, 0.3) is 0 Å². The van der Waals surface area contributed by atoms with E-state index in [1.54, 1.807) is 6.08 Å². The minimum absolute atomic E-state index is 0.0558. The van der Waals surface area contributed by atoms with Gasteiger partial charge in [-0.05, 0) is 77.0 Å². The maximum absolute atomic E-state index is 13.0. The van der Waals surface area contributed by atoms with Crippen molar-refractivity contribution in [3.63, 3.8) is 0 Å². The highest BCUT2D eigenvalue weighted by molar-refractivity contribution is 7.47. The third kappa shape index (κ3) is 65.1. The number of carbonyl (C=O) groups is 1. The molecule has 0 aromatic carbocycles. The van der Waals surface area contributed by atoms with E-state index >= 15 is 0 Å². The summed E-state index contributed by atoms with van der Waals surface area (Å²) in [4.78, 5) is 23.4. The largest absolute Gasteiger partial charge is 0.472 e. The van der Waals surface area contributed by atoms with Crippen molar-refractivity contribution in [2.45, 2.75) is 328 Å². The average molecular weight is 1150 g/mol. The fraction of sp³-hybridized carbons (Fsp3) is 0.792. The number of aliphatic hydroxyl groups excluding tert-OH is 1. The van der Waals surface area contributed by atoms with Crippen LogP contribution in [0.25, 0.3) is 0 Å². The lowest BCUT2D eigenvalue weighted by Crippen LogP contribution is -2.45. The van der Waals surface area contributed by atoms with Gasteiger partial charge < -0.3 is 19.8 Å². The monoisotopic (exact) mass is 1150 g/mol. The van der Waals surface area contributed by atoms with Gasteiger partial charge in [-0.1, -0.05) is 317 Å². The Bertz CT molecular complexity index is 1600. The lowest BCUT2D eigenvalue weighted by Gasteiger charge is -2.25. The number of nitrogens with zero attached hydrogens (tertiary/aromatic N) is 1. The third-order valence-corrected chi connectivity index (χ3v) is 16.3. The number of rotatable bonds is 63. The Kier molecular flexibility index (Phi) is 60.4. The molecule has 0 rings (SSSR count). The molecular formula is C72H134N2O6P+. The summed E-state index contributed by atoms with van der Waals surface area (Å²) in [5.41, 5.74) is 0. The zero-order chi connectivity index (χ0) is 59.1. The van der Waals surface area contributed by atoms with Crippen LogP contribution in [-0.2, 0) is 18.4 Å². The molecule has 0 aliphatic heterocycles. The lowest BCUT2D eigenvalue weighted by molar-refractivity contribution is -0.870. The van der Waals surface area contributed by atoms with Crippen LogP contribution in [0.5, 0.6) is 0 Å². The molecule has 8 nitrogen and oxygen atoms in total. The number of hydrogen-bond acceptors (Lipinski definition) is 5. The van der Waals surface area contributed by atoms with E-state index in [9.17, 15) is 19.4 Å². The number of unbranched alkanes of at least 4 members (excludes halogenated alkanes) is 38. The number of hydrogen-bond donors (Lipinski definition) is 3. The molecule has 0 fully saturated rings. The van der Waals surface area contributed by atoms with Crippen molar-refractivity contribution in [3.05, 3.63) is 85.1 Å². The molecule has 472 valence electrons. The Hall–Kier alpha value is -2.32. The van der Waals surface area contributed by atoms with Crippen molar-refractivity contribution >= 4 is 13.7 Å². The molecule has 0 aromatic rings. The standard InChI is InChI=1S/C72H133N2O6P/c1-6-8-10-12-14-16-18-20-22-24-26-28-29-30-31-32-33-34-35-36-37-38-39-40-41-42-43-44-45-46-48-50-52-54-56-58-60-62-64-66-72(76)73-70(69-80-81(77,78)79-68-67-74(3,4)5)71(75)65-63-61-59-57-55-53-51-49-47-27-25-23-21-19-17-15-13-11-9-7-2/h8,10,14,16,20,22,26,28,30-31,55,57,63,65,70-71,75H,6-7,9,11-13,15,17-19,21,23-25,27,29,32-54,56,58-62,64,66-69H2,1-5H3,(H-,73,76,77,78)/p+1/b10-8-,16-14-,22-20-,28-26-,31-30-,57-55+,65-63+. The van der Waals surface area contributed by atoms with Gasteiger partial charge in [0.05, 0.1) is 39.9 Å². The number of amides is 1. The molecule has 81 heavy (non-hydrogen) atoms. The van der Waals surface area contributed by atoms with Gasteiger partial charge in [0.2, 0.25) is 5.91 Å². The maximum Gasteiger partial charge on any atom is 0.472 e. The molecule has 3 unspecified atom stereocenters. The molecule has 3 atom stereocenters. The number of allylic oxidation sites excluding steroid dienone is 13. The summed E-state index contributed by atoms with van der Waals surface area (Å²) in [7, 11) is 1.56. The van der Waals surface area contributed by atoms with Gasteiger partial charge in [0.1, 0.15) is 13.2 Å². The molecule has 9 heteroatoms. The van der Waals surface area contributed by atoms with Gasteiger partial charge in [-0.15, -0.1) is 0 Å². The van der Waals surface area contributed by atoms with Crippen molar-refractivity contribution in [1.82, 2.24) is 5.32 Å². The van der Waals surface area contributed by atoms with E-state index in [1.807, 2.05) is 27.2 Å². The van der Waals surface area contributed by atoms with E-state index in [0.29, 0.717) is 17.4 Å². The number of phosphoric acid groups is 1. The van der Waals surface area contributed by atoms with Crippen LogP contribution in [0.1, 0.15) is 316 Å². The zero-order valence-electron chi connectivity index (χ0n) is 54.0. The SMILES string of the molecule is CC/C=C\C/C=C\C/C=C\C/C=C\C/C=C\CCCCCCCCCCCCCCCCCCCCCCCCCC(=O)NC(COP(=O)(O)OCC[N+](C)(C)C)C(O)/C=C/CC/C=C/CCCCCCCCCCCCCCCC. The normalized spacial score (nSPS) is 14.2. The van der Waals surface area contributed by atoms with Gasteiger partial charge >= 0.3 is 7.82 Å². The summed E-state index contributed by atoms with van der Waals surface area (Å²) >= 11 is 0. The van der Waals surface area contributed by atoms with Gasteiger partial charge in [-0.25, -0.2) is 4.57 Å². The minimum atomic E-state index is -4.36. The number of carbonyl (C=O) groups excluding carboxylic acids is 1. The first-order chi connectivity index (χ1) is 39.5. The van der Waals surface area contributed by atoms with Gasteiger partial charge in [-0.2, -0.15) is 0 Å². The molecule has 0 spiro atoms. The second-order valence-corrected chi connectivity index (χ2v) is 26.0. The number of quaternary nitrogens is 1. The molecule has 3 N–H and O–H groups in total. The second kappa shape index (κ2) is 62.2. The molecule has 0 aliphatic carbocycles. The van der Waals surface area contributed by atoms with E-state index in [4.69, 9.17) is 9.05 Å². The first-order valence-electron chi connectivity index (χ1n) is 34.5. The summed E-state index contributed by atoms with van der Waals surface area (Å²) in [5.74, 6) is -0.183. The van der Waals surface area contributed by atoms with Crippen molar-refractivity contribution in [3.8, 4) is 0 Å². The number of likely N-dealkylation sites (N-methyl/N-ethyl adjacent to an activating group) is 1. The van der Waals surface area contributed by atoms with Crippen LogP contribution in [0.2, 0.25) is 0 Å². The second-order valence-electron chi connectivity index (χ2n) is 24.5. The quantitative estimate of drug-likeness (QED) is 0.0243. The van der Waals surface area contributed by atoms with Crippen molar-refractivity contribution < 1.29 is 32.9 Å². The predicted molar refractivity (Wildman–Crippen MR) is 355 cm³/mol. The molecule has 0 bridgehead atoms. The van der Waals surface area contributed by atoms with Gasteiger partial charge in [0.15, 0.2) is 0 Å². The zero-order valence-corrected chi connectivity index (χ0v) is 54.9. The fourth-order valence-electron chi connectivity index (χ4n) is 10.0. The Morgan fingerprint density at radius 1 is 0.432 bits per heavy atom. The molecule has 0 aliphatic rings. The van der Waals surface area contributed by atoms with Crippen LogP contribution in [0, 0.1) is 0 Å². The average Bonchev–Trinajstić information content (AvgIpc) is 3.43. The van der Waals surface area contributed by atoms with Gasteiger partial charge in [0, 0.05) is 6.42 Å². The lowest BCUT2D eigenvalue weighted by atomic mass is 10.0. The summed E-state index contributed by atoms with van der Waals surface area (Å²) in [6.45, 7) is 4.71. The van der Waals surface area contributed by atoms with Crippen molar-refractivity contribution in [2.75, 3.05) is 40.9 Å². The molecule has 0 heterocycles. The molecule has 0 radical (unpaired) electrons. The highest BCUT2D eigenvalue weighted by atomic mass is 31.2. The van der Waals surface area contributed by atoms with Crippen LogP contribution in [0.3, 0.4) is 0 Å². The van der Waals surface area contributed by atoms with Crippen LogP contribution < -0.4 is 5.32 Å². The Labute approximate surface area is 503 Å². The summed E-state index contributed by atoms with van der Waals surface area (Å²) in [5, 5.41) is 14.0. The molecule has 0 aromatic heterocycles. The van der Waals surface area contributed by atoms with E-state index in [0.717, 1.165) is 70.6 Å². The Morgan fingerprint density at radius 3 is 1.14 bits per heavy atom. The number of phosphoric ester groups is 1. The van der Waals surface area contributed by atoms with Crippen LogP contribution in [0.4, 0.5) is 0 Å². The Balaban J connectivity index is 3.99. The highest BCUT2D eigenvalue weighted by Crippen LogP contribution is 2.43. The summed E-state index contributed by atoms with van der Waals surface area (Å²) < 4.78 is 23.8. The van der Waals surface area contributed by atoms with E-state index < -0.39 is 20.0 Å². The first-order valence-corrected chi connectivity index (χ1v) is 36.0. The van der Waals surface area contributed by atoms with Crippen LogP contribution in [0.15, 0.2) is 85.1 Å². The van der Waals surface area contributed by atoms with Crippen molar-refractivity contribution in [2.24, 2.45) is 0 Å². The van der Waals surface area contributed by atoms with Crippen molar-refractivity contribution in [1.29, 1.82) is 0 Å². The topological polar surface area (TPSA) is 105 Å². The smallest absolute Gasteiger partial charge is 0.387 e. The molecular weight excluding hydrogens is 1020 g/mol. The number of nitrogens with one attached hydrogen (secondary N) is 1. The van der Waals surface area contributed by atoms with E-state index in [1.165, 1.54) is 225 Å². The molecule has 1 amide bonds. The fourth-order valence-corrected chi connectivity index (χ4v) is 10.8. The van der Waals surface area contributed by atoms with Crippen LogP contribution >= 0.6 is 7.82 Å². The molecule has 0 saturated carbocycles. The predicted octanol–water partition coefficient (Wildman–Crippen LogP) is 21.9. The maximum atomic E-state index is 13.0. The number of aliphatic hydroxyl groups is 1. The highest BCUT2D eigenvalue weighted by Gasteiger charge is 2.28. The minimum Gasteiger partial charge on any atom is -0.387 e. The third-order valence-electron chi connectivity index (χ3n) is 15.3. The van der Waals surface area contributed by atoms with Gasteiger partial charge in [-0.3, -0.25) is 13.8 Å². The van der Waals surface area contributed by atoms with E-state index in [2.05, 4.69) is 92.1 Å². The molecule has 0 saturated heterocycles. The summed E-state index contributed by atoms with van der Waals surface area (Å²) in [6, 6.07) is -0.865.